The van der Waals surface area contributed by atoms with E-state index in [2.05, 4.69) is 20.8 Å². The summed E-state index contributed by atoms with van der Waals surface area (Å²) in [5, 5.41) is 14.0. The third-order valence-corrected chi connectivity index (χ3v) is 4.02. The number of benzene rings is 2. The van der Waals surface area contributed by atoms with Crippen LogP contribution in [-0.2, 0) is 6.42 Å². The van der Waals surface area contributed by atoms with Gasteiger partial charge in [0.05, 0.1) is 11.8 Å². The molecule has 0 unspecified atom stereocenters. The lowest BCUT2D eigenvalue weighted by atomic mass is 10.1. The molecule has 0 aliphatic rings. The summed E-state index contributed by atoms with van der Waals surface area (Å²) in [6, 6.07) is 17.0. The van der Waals surface area contributed by atoms with Crippen LogP contribution in [0.15, 0.2) is 60.7 Å². The fourth-order valence-corrected chi connectivity index (χ4v) is 2.65. The van der Waals surface area contributed by atoms with Crippen molar-refractivity contribution in [3.8, 4) is 5.75 Å². The number of carbonyl (C=O) groups excluding carboxylic acids is 1. The van der Waals surface area contributed by atoms with Gasteiger partial charge in [-0.05, 0) is 62.2 Å². The summed E-state index contributed by atoms with van der Waals surface area (Å²) < 4.78 is 18.7. The molecule has 6 nitrogen and oxygen atoms in total. The zero-order valence-corrected chi connectivity index (χ0v) is 16.4. The smallest absolute Gasteiger partial charge is 0.271 e. The predicted octanol–water partition coefficient (Wildman–Crippen LogP) is 4.12. The Balaban J connectivity index is 1.55. The lowest BCUT2D eigenvalue weighted by Crippen LogP contribution is -2.26. The first kappa shape index (κ1) is 20.3. The van der Waals surface area contributed by atoms with E-state index in [-0.39, 0.29) is 23.5 Å². The Morgan fingerprint density at radius 2 is 1.79 bits per heavy atom. The summed E-state index contributed by atoms with van der Waals surface area (Å²) in [7, 11) is 0. The number of hydrogen-bond donors (Lipinski definition) is 2. The van der Waals surface area contributed by atoms with Crippen LogP contribution in [0.5, 0.6) is 5.75 Å². The van der Waals surface area contributed by atoms with Gasteiger partial charge < -0.3 is 15.4 Å². The Labute approximate surface area is 169 Å². The maximum atomic E-state index is 12.9. The maximum absolute atomic E-state index is 12.9. The molecule has 0 aliphatic carbocycles. The second kappa shape index (κ2) is 9.64. The summed E-state index contributed by atoms with van der Waals surface area (Å²) in [5.74, 6) is 0.634. The van der Waals surface area contributed by atoms with Crippen LogP contribution in [0, 0.1) is 5.82 Å². The van der Waals surface area contributed by atoms with Crippen LogP contribution in [0.4, 0.5) is 15.9 Å². The van der Waals surface area contributed by atoms with Gasteiger partial charge in [-0.15, -0.1) is 10.2 Å². The van der Waals surface area contributed by atoms with Crippen LogP contribution < -0.4 is 15.4 Å². The van der Waals surface area contributed by atoms with Gasteiger partial charge in [-0.25, -0.2) is 4.39 Å². The molecule has 0 saturated carbocycles. The number of anilines is 2. The highest BCUT2D eigenvalue weighted by atomic mass is 19.1. The number of para-hydroxylation sites is 2. The molecule has 7 heteroatoms. The topological polar surface area (TPSA) is 76.1 Å². The third-order valence-electron chi connectivity index (χ3n) is 4.02. The first-order valence-corrected chi connectivity index (χ1v) is 9.40. The predicted molar refractivity (Wildman–Crippen MR) is 110 cm³/mol. The summed E-state index contributed by atoms with van der Waals surface area (Å²) >= 11 is 0. The molecular formula is C22H23FN4O2. The van der Waals surface area contributed by atoms with E-state index in [0.29, 0.717) is 24.5 Å². The second-order valence-corrected chi connectivity index (χ2v) is 6.72. The Hall–Kier alpha value is -3.48. The molecule has 1 amide bonds. The number of halogens is 1. The Bertz CT molecular complexity index is 944. The molecule has 3 rings (SSSR count). The van der Waals surface area contributed by atoms with Gasteiger partial charge in [0.1, 0.15) is 11.6 Å². The van der Waals surface area contributed by atoms with Gasteiger partial charge in [0.25, 0.3) is 5.91 Å². The summed E-state index contributed by atoms with van der Waals surface area (Å²) in [5.41, 5.74) is 1.94. The van der Waals surface area contributed by atoms with Crippen LogP contribution in [0.3, 0.4) is 0 Å². The highest BCUT2D eigenvalue weighted by Crippen LogP contribution is 2.27. The number of hydrogen-bond acceptors (Lipinski definition) is 5. The van der Waals surface area contributed by atoms with Gasteiger partial charge in [-0.1, -0.05) is 24.3 Å². The Morgan fingerprint density at radius 1 is 1.03 bits per heavy atom. The van der Waals surface area contributed by atoms with Gasteiger partial charge in [0.2, 0.25) is 0 Å². The summed E-state index contributed by atoms with van der Waals surface area (Å²) in [6.45, 7) is 4.34. The molecule has 0 fully saturated rings. The highest BCUT2D eigenvalue weighted by Gasteiger charge is 2.10. The second-order valence-electron chi connectivity index (χ2n) is 6.72. The van der Waals surface area contributed by atoms with E-state index in [1.54, 1.807) is 24.3 Å². The Morgan fingerprint density at radius 3 is 2.48 bits per heavy atom. The van der Waals surface area contributed by atoms with Gasteiger partial charge in [-0.3, -0.25) is 4.79 Å². The van der Waals surface area contributed by atoms with Crippen molar-refractivity contribution in [2.45, 2.75) is 26.4 Å². The summed E-state index contributed by atoms with van der Waals surface area (Å²) in [6.07, 6.45) is 0.649. The van der Waals surface area contributed by atoms with Crippen LogP contribution in [0.25, 0.3) is 0 Å². The summed E-state index contributed by atoms with van der Waals surface area (Å²) in [4.78, 5) is 12.2. The van der Waals surface area contributed by atoms with Crippen molar-refractivity contribution < 1.29 is 13.9 Å². The fourth-order valence-electron chi connectivity index (χ4n) is 2.65. The number of nitrogens with one attached hydrogen (secondary N) is 2. The van der Waals surface area contributed by atoms with Crippen molar-refractivity contribution in [2.75, 3.05) is 11.9 Å². The van der Waals surface area contributed by atoms with Crippen molar-refractivity contribution >= 4 is 17.4 Å². The quantitative estimate of drug-likeness (QED) is 0.601. The zero-order valence-electron chi connectivity index (χ0n) is 16.4. The molecule has 0 atom stereocenters. The van der Waals surface area contributed by atoms with Crippen molar-refractivity contribution in [2.24, 2.45) is 0 Å². The standard InChI is InChI=1S/C22H23FN4O2/c1-15(2)29-20-6-4-3-5-18(20)25-21-12-11-19(26-27-21)22(28)24-14-13-16-7-9-17(23)10-8-16/h3-12,15H,13-14H2,1-2H3,(H,24,28)(H,25,27). The van der Waals surface area contributed by atoms with E-state index in [1.165, 1.54) is 12.1 Å². The number of ether oxygens (including phenoxy) is 1. The highest BCUT2D eigenvalue weighted by molar-refractivity contribution is 5.92. The molecule has 3 aromatic rings. The van der Waals surface area contributed by atoms with E-state index in [0.717, 1.165) is 11.3 Å². The van der Waals surface area contributed by atoms with Crippen molar-refractivity contribution in [1.29, 1.82) is 0 Å². The molecule has 2 aromatic carbocycles. The SMILES string of the molecule is CC(C)Oc1ccccc1Nc1ccc(C(=O)NCCc2ccc(F)cc2)nn1. The average Bonchev–Trinajstić information content (AvgIpc) is 2.71. The average molecular weight is 394 g/mol. The van der Waals surface area contributed by atoms with Crippen molar-refractivity contribution in [3.63, 3.8) is 0 Å². The molecule has 0 bridgehead atoms. The maximum Gasteiger partial charge on any atom is 0.271 e. The van der Waals surface area contributed by atoms with Crippen molar-refractivity contribution in [1.82, 2.24) is 15.5 Å². The number of carbonyl (C=O) groups is 1. The minimum absolute atomic E-state index is 0.0463. The number of aromatic nitrogens is 2. The molecule has 0 radical (unpaired) electrons. The monoisotopic (exact) mass is 394 g/mol. The minimum atomic E-state index is -0.310. The molecule has 0 saturated heterocycles. The zero-order chi connectivity index (χ0) is 20.6. The number of amides is 1. The van der Waals surface area contributed by atoms with Gasteiger partial charge in [0, 0.05) is 6.54 Å². The molecule has 29 heavy (non-hydrogen) atoms. The van der Waals surface area contributed by atoms with Crippen LogP contribution in [-0.4, -0.2) is 28.8 Å². The first-order valence-electron chi connectivity index (χ1n) is 9.40. The van der Waals surface area contributed by atoms with Gasteiger partial charge in [-0.2, -0.15) is 0 Å². The van der Waals surface area contributed by atoms with Crippen LogP contribution in [0.2, 0.25) is 0 Å². The van der Waals surface area contributed by atoms with E-state index in [1.807, 2.05) is 38.1 Å². The fraction of sp³-hybridized carbons (Fsp3) is 0.227. The van der Waals surface area contributed by atoms with Crippen LogP contribution >= 0.6 is 0 Å². The van der Waals surface area contributed by atoms with E-state index >= 15 is 0 Å². The van der Waals surface area contributed by atoms with Crippen molar-refractivity contribution in [3.05, 3.63) is 77.7 Å². The van der Waals surface area contributed by atoms with Gasteiger partial charge in [0.15, 0.2) is 11.5 Å². The third kappa shape index (κ3) is 6.00. The number of rotatable bonds is 8. The molecular weight excluding hydrogens is 371 g/mol. The number of nitrogens with zero attached hydrogens (tertiary/aromatic N) is 2. The van der Waals surface area contributed by atoms with Crippen LogP contribution in [0.1, 0.15) is 29.9 Å². The first-order chi connectivity index (χ1) is 14.0. The molecule has 150 valence electrons. The molecule has 1 heterocycles. The molecule has 0 spiro atoms. The largest absolute Gasteiger partial charge is 0.489 e. The van der Waals surface area contributed by atoms with Gasteiger partial charge >= 0.3 is 0 Å². The normalized spacial score (nSPS) is 10.6. The molecule has 2 N–H and O–H groups in total. The molecule has 0 aliphatic heterocycles. The lowest BCUT2D eigenvalue weighted by molar-refractivity contribution is 0.0948. The van der Waals surface area contributed by atoms with E-state index in [9.17, 15) is 9.18 Å². The molecule has 1 aromatic heterocycles. The van der Waals surface area contributed by atoms with E-state index in [4.69, 9.17) is 4.74 Å². The van der Waals surface area contributed by atoms with E-state index < -0.39 is 0 Å². The Kier molecular flexibility index (Phi) is 6.73. The lowest BCUT2D eigenvalue weighted by Gasteiger charge is -2.14. The minimum Gasteiger partial charge on any atom is -0.489 e.